The van der Waals surface area contributed by atoms with Crippen molar-refractivity contribution >= 4 is 55.4 Å². The summed E-state index contributed by atoms with van der Waals surface area (Å²) in [5.74, 6) is 0. The van der Waals surface area contributed by atoms with Gasteiger partial charge >= 0.3 is 0 Å². The molecular weight excluding hydrogens is 589 g/mol. The Bertz CT molecular complexity index is 2390. The second-order valence-corrected chi connectivity index (χ2v) is 13.7. The van der Waals surface area contributed by atoms with Crippen molar-refractivity contribution in [2.24, 2.45) is 5.73 Å². The molecule has 8 aromatic rings. The highest BCUT2D eigenvalue weighted by Gasteiger charge is 2.36. The Morgan fingerprint density at radius 1 is 0.511 bits per heavy atom. The van der Waals surface area contributed by atoms with Gasteiger partial charge in [-0.05, 0) is 90.5 Å². The quantitative estimate of drug-likeness (QED) is 0.154. The molecule has 0 bridgehead atoms. The van der Waals surface area contributed by atoms with Gasteiger partial charge in [-0.15, -0.1) is 23.1 Å². The fraction of sp³-hybridized carbons (Fsp3) is 0.0513. The van der Waals surface area contributed by atoms with E-state index in [4.69, 9.17) is 5.73 Å². The van der Waals surface area contributed by atoms with Crippen LogP contribution < -0.4 is 5.73 Å². The molecule has 0 amide bonds. The first-order valence-corrected chi connectivity index (χ1v) is 16.7. The highest BCUT2D eigenvalue weighted by atomic mass is 32.2. The normalized spacial score (nSPS) is 16.0. The maximum Gasteiger partial charge on any atom is 0.124 e. The van der Waals surface area contributed by atoms with Crippen molar-refractivity contribution in [3.8, 4) is 44.0 Å². The predicted molar refractivity (Wildman–Crippen MR) is 190 cm³/mol. The number of benzene rings is 5. The van der Waals surface area contributed by atoms with Gasteiger partial charge in [0.2, 0.25) is 0 Å². The van der Waals surface area contributed by atoms with E-state index in [-0.39, 0.29) is 5.37 Å². The Balaban J connectivity index is 1.27. The van der Waals surface area contributed by atoms with Crippen LogP contribution in [-0.2, 0) is 0 Å². The van der Waals surface area contributed by atoms with Crippen molar-refractivity contribution in [1.29, 1.82) is 0 Å². The zero-order chi connectivity index (χ0) is 29.9. The second kappa shape index (κ2) is 10.6. The van der Waals surface area contributed by atoms with Crippen LogP contribution in [0.5, 0.6) is 0 Å². The minimum Gasteiger partial charge on any atom is -0.318 e. The van der Waals surface area contributed by atoms with E-state index in [9.17, 15) is 0 Å². The average molecular weight is 615 g/mol. The van der Waals surface area contributed by atoms with Crippen LogP contribution >= 0.6 is 23.1 Å². The van der Waals surface area contributed by atoms with Crippen LogP contribution in [0.4, 0.5) is 0 Å². The SMILES string of the molecule is NC1SC1c1cncc(-c2ccc3c4ccc(-c5cncc(-c6nccs6)c5)cc4c4ccc(-c5ccccc5)cc4c3c2)c1. The van der Waals surface area contributed by atoms with Gasteiger partial charge in [-0.1, -0.05) is 66.7 Å². The van der Waals surface area contributed by atoms with Crippen LogP contribution in [0.3, 0.4) is 0 Å². The van der Waals surface area contributed by atoms with E-state index in [0.29, 0.717) is 5.25 Å². The minimum atomic E-state index is 0.167. The summed E-state index contributed by atoms with van der Waals surface area (Å²) in [5, 5.41) is 10.9. The predicted octanol–water partition coefficient (Wildman–Crippen LogP) is 10.1. The van der Waals surface area contributed by atoms with Gasteiger partial charge in [0, 0.05) is 53.1 Å². The van der Waals surface area contributed by atoms with Crippen molar-refractivity contribution in [3.05, 3.63) is 139 Å². The zero-order valence-electron chi connectivity index (χ0n) is 24.1. The molecule has 6 heteroatoms. The third-order valence-corrected chi connectivity index (χ3v) is 10.7. The molecule has 45 heavy (non-hydrogen) atoms. The smallest absolute Gasteiger partial charge is 0.124 e. The number of nitrogens with zero attached hydrogens (tertiary/aromatic N) is 3. The maximum absolute atomic E-state index is 6.15. The molecule has 2 N–H and O–H groups in total. The number of thioether (sulfide) groups is 1. The highest BCUT2D eigenvalue weighted by Crippen LogP contribution is 2.52. The number of thiazole rings is 1. The van der Waals surface area contributed by atoms with Gasteiger partial charge in [0.05, 0.1) is 10.6 Å². The average Bonchev–Trinajstić information content (AvgIpc) is 3.58. The van der Waals surface area contributed by atoms with Crippen LogP contribution in [-0.4, -0.2) is 20.3 Å². The molecule has 1 aliphatic heterocycles. The molecule has 1 aliphatic rings. The van der Waals surface area contributed by atoms with Gasteiger partial charge in [-0.3, -0.25) is 9.97 Å². The second-order valence-electron chi connectivity index (χ2n) is 11.5. The molecule has 4 heterocycles. The first kappa shape index (κ1) is 26.5. The number of hydrogen-bond acceptors (Lipinski definition) is 6. The van der Waals surface area contributed by atoms with E-state index in [2.05, 4.69) is 112 Å². The third-order valence-electron chi connectivity index (χ3n) is 8.73. The Hall–Kier alpha value is -4.88. The third kappa shape index (κ3) is 4.70. The number of nitrogens with two attached hydrogens (primary N) is 1. The molecule has 0 spiro atoms. The molecule has 0 saturated carbocycles. The lowest BCUT2D eigenvalue weighted by molar-refractivity contribution is 0.982. The molecule has 2 atom stereocenters. The van der Waals surface area contributed by atoms with Gasteiger partial charge < -0.3 is 5.73 Å². The molecule has 9 rings (SSSR count). The van der Waals surface area contributed by atoms with Crippen LogP contribution in [0.15, 0.2) is 133 Å². The number of hydrogen-bond donors (Lipinski definition) is 1. The summed E-state index contributed by atoms with van der Waals surface area (Å²) >= 11 is 3.41. The fourth-order valence-electron chi connectivity index (χ4n) is 6.42. The van der Waals surface area contributed by atoms with E-state index in [1.165, 1.54) is 49.0 Å². The number of rotatable bonds is 5. The van der Waals surface area contributed by atoms with Crippen molar-refractivity contribution in [1.82, 2.24) is 15.0 Å². The van der Waals surface area contributed by atoms with Crippen molar-refractivity contribution in [2.45, 2.75) is 10.6 Å². The summed E-state index contributed by atoms with van der Waals surface area (Å²) in [7, 11) is 0. The molecule has 0 aliphatic carbocycles. The Labute approximate surface area is 268 Å². The molecule has 2 unspecified atom stereocenters. The summed E-state index contributed by atoms with van der Waals surface area (Å²) in [6, 6.07) is 35.6. The molecular formula is C39H26N4S2. The van der Waals surface area contributed by atoms with E-state index in [1.807, 2.05) is 36.4 Å². The first-order valence-electron chi connectivity index (χ1n) is 14.9. The number of fused-ring (bicyclic) bond motifs is 6. The van der Waals surface area contributed by atoms with Gasteiger partial charge in [-0.25, -0.2) is 4.98 Å². The highest BCUT2D eigenvalue weighted by molar-refractivity contribution is 8.07. The van der Waals surface area contributed by atoms with Crippen LogP contribution in [0, 0.1) is 0 Å². The van der Waals surface area contributed by atoms with Crippen molar-refractivity contribution in [3.63, 3.8) is 0 Å². The summed E-state index contributed by atoms with van der Waals surface area (Å²) in [4.78, 5) is 13.7. The molecule has 3 aromatic heterocycles. The van der Waals surface area contributed by atoms with Crippen LogP contribution in [0.1, 0.15) is 10.8 Å². The fourth-order valence-corrected chi connectivity index (χ4v) is 7.73. The van der Waals surface area contributed by atoms with E-state index in [0.717, 1.165) is 32.8 Å². The van der Waals surface area contributed by atoms with Gasteiger partial charge in [-0.2, -0.15) is 0 Å². The van der Waals surface area contributed by atoms with E-state index in [1.54, 1.807) is 23.1 Å². The zero-order valence-corrected chi connectivity index (χ0v) is 25.7. The van der Waals surface area contributed by atoms with E-state index >= 15 is 0 Å². The lowest BCUT2D eigenvalue weighted by Gasteiger charge is -2.15. The Kier molecular flexibility index (Phi) is 6.27. The lowest BCUT2D eigenvalue weighted by atomic mass is 9.89. The number of aromatic nitrogens is 3. The first-order chi connectivity index (χ1) is 22.2. The van der Waals surface area contributed by atoms with Crippen LogP contribution in [0.25, 0.3) is 76.3 Å². The van der Waals surface area contributed by atoms with E-state index < -0.39 is 0 Å². The Morgan fingerprint density at radius 2 is 1.07 bits per heavy atom. The molecule has 1 fully saturated rings. The summed E-state index contributed by atoms with van der Waals surface area (Å²) in [5.41, 5.74) is 15.3. The topological polar surface area (TPSA) is 64.7 Å². The van der Waals surface area contributed by atoms with Crippen molar-refractivity contribution in [2.75, 3.05) is 0 Å². The van der Waals surface area contributed by atoms with Gasteiger partial charge in [0.15, 0.2) is 0 Å². The lowest BCUT2D eigenvalue weighted by Crippen LogP contribution is -2.00. The standard InChI is InChI=1S/C39H26N4S2/c40-38-37(45-38)29-14-27(19-41-21-29)26-8-10-32-31-9-7-25(28-15-30(22-42-20-28)39-43-12-13-44-39)17-34(31)33-11-6-24(16-36(33)35(32)18-26)23-4-2-1-3-5-23/h1-22,37-38H,40H2. The minimum absolute atomic E-state index is 0.167. The van der Waals surface area contributed by atoms with Gasteiger partial charge in [0.1, 0.15) is 5.01 Å². The largest absolute Gasteiger partial charge is 0.318 e. The van der Waals surface area contributed by atoms with Crippen LogP contribution in [0.2, 0.25) is 0 Å². The molecule has 5 aromatic carbocycles. The molecule has 1 saturated heterocycles. The summed E-state index contributed by atoms with van der Waals surface area (Å²) in [6.07, 6.45) is 9.57. The van der Waals surface area contributed by atoms with Crippen molar-refractivity contribution < 1.29 is 0 Å². The maximum atomic E-state index is 6.15. The monoisotopic (exact) mass is 614 g/mol. The Morgan fingerprint density at radius 3 is 1.69 bits per heavy atom. The molecule has 0 radical (unpaired) electrons. The number of pyridine rings is 2. The van der Waals surface area contributed by atoms with Gasteiger partial charge in [0.25, 0.3) is 0 Å². The summed E-state index contributed by atoms with van der Waals surface area (Å²) < 4.78 is 0. The molecule has 4 nitrogen and oxygen atoms in total. The summed E-state index contributed by atoms with van der Waals surface area (Å²) in [6.45, 7) is 0. The molecule has 214 valence electrons.